The zero-order valence-corrected chi connectivity index (χ0v) is 11.6. The van der Waals surface area contributed by atoms with Gasteiger partial charge in [-0.3, -0.25) is 0 Å². The first-order valence-electron chi connectivity index (χ1n) is 6.25. The van der Waals surface area contributed by atoms with Gasteiger partial charge in [0.25, 0.3) is 0 Å². The van der Waals surface area contributed by atoms with Crippen molar-refractivity contribution in [2.24, 2.45) is 0 Å². The minimum Gasteiger partial charge on any atom is -0.437 e. The number of rotatable bonds is 1. The molecule has 0 aromatic heterocycles. The summed E-state index contributed by atoms with van der Waals surface area (Å²) in [5, 5.41) is 9.77. The van der Waals surface area contributed by atoms with Crippen molar-refractivity contribution in [2.75, 3.05) is 0 Å². The first-order valence-corrected chi connectivity index (χ1v) is 6.25. The van der Waals surface area contributed by atoms with E-state index in [0.29, 0.717) is 0 Å². The van der Waals surface area contributed by atoms with Gasteiger partial charge in [0.15, 0.2) is 0 Å². The second-order valence-electron chi connectivity index (χ2n) is 5.48. The molecular weight excluding hydrogens is 185 g/mol. The molecule has 0 unspecified atom stereocenters. The molecule has 0 saturated carbocycles. The molecule has 2 nitrogen and oxygen atoms in total. The Hall–Kier alpha value is -0.0151. The van der Waals surface area contributed by atoms with Crippen LogP contribution in [-0.2, 0) is 0 Å². The predicted molar refractivity (Wildman–Crippen MR) is 69.0 cm³/mol. The Morgan fingerprint density at radius 2 is 1.33 bits per heavy atom. The number of piperidine rings is 1. The van der Waals surface area contributed by atoms with Gasteiger partial charge >= 0.3 is 7.05 Å². The van der Waals surface area contributed by atoms with Gasteiger partial charge in [0.05, 0.1) is 0 Å². The summed E-state index contributed by atoms with van der Waals surface area (Å²) in [6.45, 7) is 14.8. The summed E-state index contributed by atoms with van der Waals surface area (Å²) in [6, 6.07) is 0. The molecule has 1 N–H and O–H groups in total. The molecule has 0 aliphatic carbocycles. The zero-order valence-electron chi connectivity index (χ0n) is 11.6. The van der Waals surface area contributed by atoms with Crippen LogP contribution >= 0.6 is 0 Å². The average Bonchev–Trinajstić information content (AvgIpc) is 2.02. The highest BCUT2D eigenvalue weighted by atomic mass is 16.2. The van der Waals surface area contributed by atoms with E-state index in [-0.39, 0.29) is 18.1 Å². The van der Waals surface area contributed by atoms with Gasteiger partial charge in [-0.15, -0.1) is 0 Å². The molecule has 1 fully saturated rings. The van der Waals surface area contributed by atoms with Crippen LogP contribution in [0.15, 0.2) is 0 Å². The number of hydrogen-bond acceptors (Lipinski definition) is 2. The van der Waals surface area contributed by atoms with Crippen molar-refractivity contribution in [3.8, 4) is 0 Å². The van der Waals surface area contributed by atoms with Crippen molar-refractivity contribution in [1.29, 1.82) is 0 Å². The van der Waals surface area contributed by atoms with Crippen molar-refractivity contribution in [2.45, 2.75) is 78.7 Å². The smallest absolute Gasteiger partial charge is 0.377 e. The normalized spacial score (nSPS) is 24.0. The Balaban J connectivity index is 0.000000921. The van der Waals surface area contributed by atoms with Crippen molar-refractivity contribution < 1.29 is 5.02 Å². The molecule has 1 aliphatic heterocycles. The van der Waals surface area contributed by atoms with E-state index in [0.717, 1.165) is 0 Å². The molecule has 0 amide bonds. The maximum Gasteiger partial charge on any atom is 0.377 e. The van der Waals surface area contributed by atoms with Crippen LogP contribution in [0.1, 0.15) is 60.8 Å². The topological polar surface area (TPSA) is 23.5 Å². The van der Waals surface area contributed by atoms with Crippen LogP contribution in [0.4, 0.5) is 0 Å². The summed E-state index contributed by atoms with van der Waals surface area (Å²) in [6.07, 6.45) is 3.63. The Bertz CT molecular complexity index is 174. The third-order valence-electron chi connectivity index (χ3n) is 3.26. The molecule has 3 heteroatoms. The van der Waals surface area contributed by atoms with Crippen LogP contribution in [-0.4, -0.2) is 28.0 Å². The van der Waals surface area contributed by atoms with Gasteiger partial charge in [-0.25, -0.2) is 0 Å². The Labute approximate surface area is 96.2 Å². The van der Waals surface area contributed by atoms with E-state index in [9.17, 15) is 5.02 Å². The van der Waals surface area contributed by atoms with E-state index in [4.69, 9.17) is 0 Å². The fourth-order valence-corrected chi connectivity index (χ4v) is 3.03. The van der Waals surface area contributed by atoms with Gasteiger partial charge in [-0.05, 0) is 53.8 Å². The van der Waals surface area contributed by atoms with Crippen molar-refractivity contribution in [1.82, 2.24) is 4.81 Å². The van der Waals surface area contributed by atoms with E-state index in [1.807, 2.05) is 20.7 Å². The van der Waals surface area contributed by atoms with Gasteiger partial charge in [0, 0.05) is 11.1 Å². The highest BCUT2D eigenvalue weighted by Crippen LogP contribution is 2.38. The third kappa shape index (κ3) is 3.49. The fourth-order valence-electron chi connectivity index (χ4n) is 3.03. The summed E-state index contributed by atoms with van der Waals surface area (Å²) in [5.74, 6) is 0. The van der Waals surface area contributed by atoms with Crippen LogP contribution < -0.4 is 0 Å². The van der Waals surface area contributed by atoms with E-state index >= 15 is 0 Å². The molecule has 0 aromatic carbocycles. The Kier molecular flexibility index (Phi) is 5.35. The van der Waals surface area contributed by atoms with Crippen LogP contribution in [0.5, 0.6) is 0 Å². The lowest BCUT2D eigenvalue weighted by molar-refractivity contribution is 0.0367. The van der Waals surface area contributed by atoms with Crippen molar-refractivity contribution in [3.63, 3.8) is 0 Å². The van der Waals surface area contributed by atoms with Gasteiger partial charge in [-0.2, -0.15) is 0 Å². The summed E-state index contributed by atoms with van der Waals surface area (Å²) in [4.78, 5) is 2.24. The van der Waals surface area contributed by atoms with Crippen LogP contribution in [0.2, 0.25) is 6.82 Å². The number of nitrogens with zero attached hydrogens (tertiary/aromatic N) is 1. The van der Waals surface area contributed by atoms with Crippen molar-refractivity contribution in [3.05, 3.63) is 0 Å². The molecule has 1 rings (SSSR count). The quantitative estimate of drug-likeness (QED) is 0.676. The van der Waals surface area contributed by atoms with Gasteiger partial charge < -0.3 is 9.83 Å². The molecule has 0 spiro atoms. The van der Waals surface area contributed by atoms with Crippen LogP contribution in [0, 0.1) is 0 Å². The monoisotopic (exact) mass is 213 g/mol. The maximum atomic E-state index is 9.77. The van der Waals surface area contributed by atoms with E-state index < -0.39 is 0 Å². The molecule has 1 aliphatic rings. The summed E-state index contributed by atoms with van der Waals surface area (Å²) >= 11 is 0. The lowest BCUT2D eigenvalue weighted by Crippen LogP contribution is -2.63. The van der Waals surface area contributed by atoms with Gasteiger partial charge in [0.2, 0.25) is 0 Å². The maximum absolute atomic E-state index is 9.77. The molecular formula is C12H28BNO. The Morgan fingerprint density at radius 1 is 1.00 bits per heavy atom. The summed E-state index contributed by atoms with van der Waals surface area (Å²) < 4.78 is 0. The third-order valence-corrected chi connectivity index (χ3v) is 3.26. The standard InChI is InChI=1S/C10H22BNO.C2H6/c1-9(2)7-6-8-10(3,4)12(9)11(5)13;1-2/h13H,6-8H2,1-5H3;1-2H3. The van der Waals surface area contributed by atoms with Crippen molar-refractivity contribution >= 4 is 7.05 Å². The zero-order chi connectivity index (χ0) is 12.3. The molecule has 0 aromatic rings. The molecule has 1 heterocycles. The summed E-state index contributed by atoms with van der Waals surface area (Å²) in [5.41, 5.74) is 0.270. The first kappa shape index (κ1) is 15.0. The molecule has 0 radical (unpaired) electrons. The molecule has 1 saturated heterocycles. The summed E-state index contributed by atoms with van der Waals surface area (Å²) in [7, 11) is -0.342. The lowest BCUT2D eigenvalue weighted by Gasteiger charge is -2.53. The van der Waals surface area contributed by atoms with E-state index in [2.05, 4.69) is 32.5 Å². The van der Waals surface area contributed by atoms with Crippen LogP contribution in [0.3, 0.4) is 0 Å². The molecule has 0 bridgehead atoms. The largest absolute Gasteiger partial charge is 0.437 e. The highest BCUT2D eigenvalue weighted by Gasteiger charge is 2.44. The van der Waals surface area contributed by atoms with Crippen LogP contribution in [0.25, 0.3) is 0 Å². The second kappa shape index (κ2) is 5.35. The minimum atomic E-state index is -0.342. The minimum absolute atomic E-state index is 0.135. The Morgan fingerprint density at radius 3 is 1.53 bits per heavy atom. The van der Waals surface area contributed by atoms with Gasteiger partial charge in [-0.1, -0.05) is 13.8 Å². The lowest BCUT2D eigenvalue weighted by atomic mass is 9.68. The SMILES string of the molecule is CB(O)N1C(C)(C)CCCC1(C)C.CC. The predicted octanol–water partition coefficient (Wildman–Crippen LogP) is 3.17. The average molecular weight is 213 g/mol. The van der Waals surface area contributed by atoms with E-state index in [1.54, 1.807) is 0 Å². The molecule has 15 heavy (non-hydrogen) atoms. The highest BCUT2D eigenvalue weighted by molar-refractivity contribution is 6.45. The molecule has 0 atom stereocenters. The molecule has 90 valence electrons. The van der Waals surface area contributed by atoms with Gasteiger partial charge in [0.1, 0.15) is 0 Å². The second-order valence-corrected chi connectivity index (χ2v) is 5.48. The van der Waals surface area contributed by atoms with E-state index in [1.165, 1.54) is 19.3 Å². The fraction of sp³-hybridized carbons (Fsp3) is 1.00. The number of hydrogen-bond donors (Lipinski definition) is 1. The first-order chi connectivity index (χ1) is 6.77.